The molecule has 1 saturated heterocycles. The van der Waals surface area contributed by atoms with Gasteiger partial charge >= 0.3 is 0 Å². The quantitative estimate of drug-likeness (QED) is 0.896. The molecule has 0 unspecified atom stereocenters. The SMILES string of the molecule is COc1ccc(-c2cn[nH]c2N)cc1OC1CSC1. The van der Waals surface area contributed by atoms with Crippen molar-refractivity contribution in [2.75, 3.05) is 24.3 Å². The van der Waals surface area contributed by atoms with E-state index in [9.17, 15) is 0 Å². The van der Waals surface area contributed by atoms with Gasteiger partial charge in [-0.05, 0) is 17.7 Å². The number of thioether (sulfide) groups is 1. The van der Waals surface area contributed by atoms with Gasteiger partial charge in [-0.2, -0.15) is 16.9 Å². The van der Waals surface area contributed by atoms with Gasteiger partial charge in [0.15, 0.2) is 11.5 Å². The van der Waals surface area contributed by atoms with E-state index in [1.54, 1.807) is 13.3 Å². The van der Waals surface area contributed by atoms with Crippen molar-refractivity contribution in [3.8, 4) is 22.6 Å². The number of nitrogen functional groups attached to an aromatic ring is 1. The molecular formula is C13H15N3O2S. The molecular weight excluding hydrogens is 262 g/mol. The summed E-state index contributed by atoms with van der Waals surface area (Å²) >= 11 is 1.88. The van der Waals surface area contributed by atoms with Crippen molar-refractivity contribution < 1.29 is 9.47 Å². The second kappa shape index (κ2) is 5.05. The van der Waals surface area contributed by atoms with Gasteiger partial charge in [0, 0.05) is 17.1 Å². The average Bonchev–Trinajstić information content (AvgIpc) is 2.80. The van der Waals surface area contributed by atoms with E-state index in [4.69, 9.17) is 15.2 Å². The predicted octanol–water partition coefficient (Wildman–Crippen LogP) is 2.16. The number of benzene rings is 1. The first kappa shape index (κ1) is 12.2. The van der Waals surface area contributed by atoms with E-state index in [0.29, 0.717) is 5.82 Å². The minimum absolute atomic E-state index is 0.274. The number of methoxy groups -OCH3 is 1. The molecule has 0 bridgehead atoms. The van der Waals surface area contributed by atoms with Crippen LogP contribution in [-0.2, 0) is 0 Å². The maximum absolute atomic E-state index is 5.93. The fraction of sp³-hybridized carbons (Fsp3) is 0.308. The van der Waals surface area contributed by atoms with Crippen molar-refractivity contribution in [2.45, 2.75) is 6.10 Å². The Kier molecular flexibility index (Phi) is 3.25. The second-order valence-electron chi connectivity index (χ2n) is 4.34. The lowest BCUT2D eigenvalue weighted by Gasteiger charge is -2.26. The lowest BCUT2D eigenvalue weighted by Crippen LogP contribution is -2.31. The second-order valence-corrected chi connectivity index (χ2v) is 5.42. The van der Waals surface area contributed by atoms with Crippen molar-refractivity contribution in [1.29, 1.82) is 0 Å². The van der Waals surface area contributed by atoms with Gasteiger partial charge in [-0.25, -0.2) is 0 Å². The number of hydrogen-bond acceptors (Lipinski definition) is 5. The first-order valence-electron chi connectivity index (χ1n) is 5.99. The highest BCUT2D eigenvalue weighted by atomic mass is 32.2. The molecule has 100 valence electrons. The smallest absolute Gasteiger partial charge is 0.162 e. The Hall–Kier alpha value is -1.82. The highest BCUT2D eigenvalue weighted by molar-refractivity contribution is 8.00. The van der Waals surface area contributed by atoms with E-state index in [-0.39, 0.29) is 6.10 Å². The van der Waals surface area contributed by atoms with Gasteiger partial charge in [0.1, 0.15) is 11.9 Å². The molecule has 3 rings (SSSR count). The monoisotopic (exact) mass is 277 g/mol. The standard InChI is InChI=1S/C13H15N3O2S/c1-17-11-3-2-8(10-5-15-16-13(10)14)4-12(11)18-9-6-19-7-9/h2-5,9H,6-7H2,1H3,(H3,14,15,16). The van der Waals surface area contributed by atoms with Crippen LogP contribution < -0.4 is 15.2 Å². The van der Waals surface area contributed by atoms with Crippen molar-refractivity contribution >= 4 is 17.6 Å². The summed E-state index contributed by atoms with van der Waals surface area (Å²) in [6.45, 7) is 0. The Balaban J connectivity index is 1.94. The van der Waals surface area contributed by atoms with E-state index in [1.807, 2.05) is 30.0 Å². The maximum atomic E-state index is 5.93. The molecule has 1 fully saturated rings. The van der Waals surface area contributed by atoms with E-state index < -0.39 is 0 Å². The third-order valence-corrected chi connectivity index (χ3v) is 4.26. The van der Waals surface area contributed by atoms with Crippen LogP contribution in [0.4, 0.5) is 5.82 Å². The number of nitrogens with zero attached hydrogens (tertiary/aromatic N) is 1. The summed E-state index contributed by atoms with van der Waals surface area (Å²) < 4.78 is 11.3. The predicted molar refractivity (Wildman–Crippen MR) is 76.7 cm³/mol. The van der Waals surface area contributed by atoms with E-state index >= 15 is 0 Å². The van der Waals surface area contributed by atoms with Gasteiger partial charge in [-0.15, -0.1) is 0 Å². The Morgan fingerprint density at radius 3 is 2.79 bits per heavy atom. The number of anilines is 1. The molecule has 0 aliphatic carbocycles. The molecule has 1 aromatic carbocycles. The molecule has 0 spiro atoms. The maximum Gasteiger partial charge on any atom is 0.162 e. The van der Waals surface area contributed by atoms with Crippen LogP contribution in [0.2, 0.25) is 0 Å². The highest BCUT2D eigenvalue weighted by Gasteiger charge is 2.22. The number of nitrogens with two attached hydrogens (primary N) is 1. The molecule has 1 aromatic heterocycles. The van der Waals surface area contributed by atoms with Crippen molar-refractivity contribution in [2.24, 2.45) is 0 Å². The molecule has 2 aromatic rings. The number of aromatic amines is 1. The largest absolute Gasteiger partial charge is 0.493 e. The molecule has 0 amide bonds. The normalized spacial score (nSPS) is 15.0. The van der Waals surface area contributed by atoms with Gasteiger partial charge in [-0.3, -0.25) is 5.10 Å². The zero-order valence-corrected chi connectivity index (χ0v) is 11.4. The van der Waals surface area contributed by atoms with Gasteiger partial charge in [0.25, 0.3) is 0 Å². The summed E-state index contributed by atoms with van der Waals surface area (Å²) in [5.41, 5.74) is 7.68. The number of hydrogen-bond donors (Lipinski definition) is 2. The fourth-order valence-corrected chi connectivity index (χ4v) is 2.49. The zero-order chi connectivity index (χ0) is 13.2. The molecule has 1 aliphatic rings. The Labute approximate surface area is 115 Å². The Morgan fingerprint density at radius 2 is 2.21 bits per heavy atom. The van der Waals surface area contributed by atoms with Gasteiger partial charge in [-0.1, -0.05) is 6.07 Å². The van der Waals surface area contributed by atoms with Crippen molar-refractivity contribution in [1.82, 2.24) is 10.2 Å². The Bertz CT molecular complexity index is 581. The summed E-state index contributed by atoms with van der Waals surface area (Å²) in [7, 11) is 1.64. The summed E-state index contributed by atoms with van der Waals surface area (Å²) in [5.74, 6) is 4.10. The van der Waals surface area contributed by atoms with Crippen LogP contribution in [0.25, 0.3) is 11.1 Å². The average molecular weight is 277 g/mol. The lowest BCUT2D eigenvalue weighted by molar-refractivity contribution is 0.228. The molecule has 19 heavy (non-hydrogen) atoms. The molecule has 5 nitrogen and oxygen atoms in total. The Morgan fingerprint density at radius 1 is 1.37 bits per heavy atom. The lowest BCUT2D eigenvalue weighted by atomic mass is 10.1. The van der Waals surface area contributed by atoms with Gasteiger partial charge in [0.2, 0.25) is 0 Å². The molecule has 2 heterocycles. The minimum atomic E-state index is 0.274. The van der Waals surface area contributed by atoms with E-state index in [2.05, 4.69) is 10.2 Å². The van der Waals surface area contributed by atoms with Crippen molar-refractivity contribution in [3.63, 3.8) is 0 Å². The van der Waals surface area contributed by atoms with Crippen LogP contribution >= 0.6 is 11.8 Å². The van der Waals surface area contributed by atoms with Crippen molar-refractivity contribution in [3.05, 3.63) is 24.4 Å². The zero-order valence-electron chi connectivity index (χ0n) is 10.6. The first-order valence-corrected chi connectivity index (χ1v) is 7.15. The summed E-state index contributed by atoms with van der Waals surface area (Å²) in [4.78, 5) is 0. The molecule has 0 saturated carbocycles. The van der Waals surface area contributed by atoms with Crippen LogP contribution in [0, 0.1) is 0 Å². The summed E-state index contributed by atoms with van der Waals surface area (Å²) in [6.07, 6.45) is 1.98. The number of aromatic nitrogens is 2. The van der Waals surface area contributed by atoms with E-state index in [1.165, 1.54) is 0 Å². The van der Waals surface area contributed by atoms with Crippen LogP contribution in [-0.4, -0.2) is 34.9 Å². The highest BCUT2D eigenvalue weighted by Crippen LogP contribution is 2.36. The number of nitrogens with one attached hydrogen (secondary N) is 1. The van der Waals surface area contributed by atoms with Crippen LogP contribution in [0.3, 0.4) is 0 Å². The molecule has 1 aliphatic heterocycles. The third kappa shape index (κ3) is 2.35. The minimum Gasteiger partial charge on any atom is -0.493 e. The van der Waals surface area contributed by atoms with Crippen LogP contribution in [0.5, 0.6) is 11.5 Å². The van der Waals surface area contributed by atoms with Gasteiger partial charge in [0.05, 0.1) is 13.3 Å². The summed E-state index contributed by atoms with van der Waals surface area (Å²) in [6, 6.07) is 5.79. The van der Waals surface area contributed by atoms with Crippen LogP contribution in [0.15, 0.2) is 24.4 Å². The number of ether oxygens (including phenoxy) is 2. The molecule has 0 atom stereocenters. The topological polar surface area (TPSA) is 73.2 Å². The van der Waals surface area contributed by atoms with Crippen LogP contribution in [0.1, 0.15) is 0 Å². The van der Waals surface area contributed by atoms with E-state index in [0.717, 1.165) is 34.1 Å². The third-order valence-electron chi connectivity index (χ3n) is 3.04. The molecule has 3 N–H and O–H groups in total. The number of H-pyrrole nitrogens is 1. The fourth-order valence-electron chi connectivity index (χ4n) is 1.92. The molecule has 6 heteroatoms. The number of rotatable bonds is 4. The summed E-state index contributed by atoms with van der Waals surface area (Å²) in [5, 5.41) is 6.66. The first-order chi connectivity index (χ1) is 9.28. The van der Waals surface area contributed by atoms with Gasteiger partial charge < -0.3 is 15.2 Å². The molecule has 0 radical (unpaired) electrons.